The highest BCUT2D eigenvalue weighted by atomic mass is 15.3. The number of hydrogen-bond acceptors (Lipinski definition) is 2. The van der Waals surface area contributed by atoms with Crippen molar-refractivity contribution < 1.29 is 0 Å². The lowest BCUT2D eigenvalue weighted by atomic mass is 9.90. The van der Waals surface area contributed by atoms with Crippen LogP contribution in [0, 0.1) is 6.92 Å². The average Bonchev–Trinajstić information content (AvgIpc) is 3.11. The second-order valence-corrected chi connectivity index (χ2v) is 5.31. The summed E-state index contributed by atoms with van der Waals surface area (Å²) < 4.78 is 2.34. The maximum absolute atomic E-state index is 4.65. The van der Waals surface area contributed by atoms with Gasteiger partial charge >= 0.3 is 0 Å². The molecule has 0 aliphatic heterocycles. The van der Waals surface area contributed by atoms with Crippen LogP contribution in [0.4, 0.5) is 5.95 Å². The van der Waals surface area contributed by atoms with Gasteiger partial charge < -0.3 is 9.88 Å². The lowest BCUT2D eigenvalue weighted by Gasteiger charge is -2.32. The predicted molar refractivity (Wildman–Crippen MR) is 72.5 cm³/mol. The molecule has 0 bridgehead atoms. The molecular weight excluding hydrogens is 210 g/mol. The fourth-order valence-corrected chi connectivity index (χ4v) is 2.49. The highest BCUT2D eigenvalue weighted by Gasteiger charge is 2.30. The summed E-state index contributed by atoms with van der Waals surface area (Å²) in [5, 5.41) is 3.70. The van der Waals surface area contributed by atoms with E-state index in [0.29, 0.717) is 6.04 Å². The molecule has 0 radical (unpaired) electrons. The number of imidazole rings is 1. The summed E-state index contributed by atoms with van der Waals surface area (Å²) in [6, 6.07) is 0.696. The maximum atomic E-state index is 4.65. The first kappa shape index (κ1) is 12.5. The highest BCUT2D eigenvalue weighted by molar-refractivity contribution is 5.34. The second kappa shape index (κ2) is 4.71. The average molecular weight is 235 g/mol. The van der Waals surface area contributed by atoms with Crippen LogP contribution >= 0.6 is 0 Å². The van der Waals surface area contributed by atoms with Crippen molar-refractivity contribution in [2.24, 2.45) is 0 Å². The number of hydrogen-bond donors (Lipinski definition) is 1. The van der Waals surface area contributed by atoms with E-state index < -0.39 is 0 Å². The van der Waals surface area contributed by atoms with Crippen LogP contribution in [0.5, 0.6) is 0 Å². The number of aryl methyl sites for hydroxylation is 1. The first-order chi connectivity index (χ1) is 8.14. The zero-order valence-corrected chi connectivity index (χ0v) is 11.6. The van der Waals surface area contributed by atoms with Crippen molar-refractivity contribution in [1.29, 1.82) is 0 Å². The molecule has 0 atom stereocenters. The van der Waals surface area contributed by atoms with Crippen molar-refractivity contribution in [3.63, 3.8) is 0 Å². The van der Waals surface area contributed by atoms with E-state index in [1.165, 1.54) is 12.8 Å². The van der Waals surface area contributed by atoms with Crippen molar-refractivity contribution >= 4 is 5.95 Å². The van der Waals surface area contributed by atoms with Gasteiger partial charge in [-0.3, -0.25) is 0 Å². The van der Waals surface area contributed by atoms with Crippen molar-refractivity contribution in [2.45, 2.75) is 71.4 Å². The zero-order chi connectivity index (χ0) is 12.5. The van der Waals surface area contributed by atoms with Gasteiger partial charge in [0.25, 0.3) is 0 Å². The van der Waals surface area contributed by atoms with Crippen molar-refractivity contribution in [2.75, 3.05) is 5.32 Å². The molecule has 0 spiro atoms. The Hall–Kier alpha value is -0.990. The third-order valence-corrected chi connectivity index (χ3v) is 4.20. The lowest BCUT2D eigenvalue weighted by Crippen LogP contribution is -2.37. The molecule has 1 heterocycles. The monoisotopic (exact) mass is 235 g/mol. The Morgan fingerprint density at radius 3 is 2.35 bits per heavy atom. The molecule has 1 aromatic rings. The Morgan fingerprint density at radius 1 is 1.29 bits per heavy atom. The Labute approximate surface area is 105 Å². The van der Waals surface area contributed by atoms with Gasteiger partial charge in [-0.15, -0.1) is 0 Å². The molecule has 1 N–H and O–H groups in total. The number of nitrogens with one attached hydrogen (secondary N) is 1. The fourth-order valence-electron chi connectivity index (χ4n) is 2.49. The summed E-state index contributed by atoms with van der Waals surface area (Å²) >= 11 is 0. The Bertz CT molecular complexity index is 365. The van der Waals surface area contributed by atoms with Crippen molar-refractivity contribution in [3.05, 3.63) is 11.9 Å². The third kappa shape index (κ3) is 2.48. The van der Waals surface area contributed by atoms with Crippen LogP contribution in [0.3, 0.4) is 0 Å². The number of anilines is 1. The van der Waals surface area contributed by atoms with E-state index in [-0.39, 0.29) is 5.54 Å². The Balaban J connectivity index is 2.21. The van der Waals surface area contributed by atoms with Gasteiger partial charge in [-0.05, 0) is 39.0 Å². The van der Waals surface area contributed by atoms with Crippen LogP contribution in [0.15, 0.2) is 6.20 Å². The zero-order valence-electron chi connectivity index (χ0n) is 11.6. The van der Waals surface area contributed by atoms with E-state index in [9.17, 15) is 0 Å². The summed E-state index contributed by atoms with van der Waals surface area (Å²) in [7, 11) is 0. The maximum Gasteiger partial charge on any atom is 0.203 e. The standard InChI is InChI=1S/C14H25N3/c1-5-14(6-2,7-3)16-13-15-11(4)10-17(13)12-8-9-12/h10,12H,5-9H2,1-4H3,(H,15,16). The highest BCUT2D eigenvalue weighted by Crippen LogP contribution is 2.38. The van der Waals surface area contributed by atoms with Gasteiger partial charge in [0, 0.05) is 17.8 Å². The van der Waals surface area contributed by atoms with E-state index in [1.807, 2.05) is 0 Å². The lowest BCUT2D eigenvalue weighted by molar-refractivity contribution is 0.414. The molecule has 2 rings (SSSR count). The van der Waals surface area contributed by atoms with Gasteiger partial charge in [-0.2, -0.15) is 0 Å². The van der Waals surface area contributed by atoms with Gasteiger partial charge in [0.2, 0.25) is 5.95 Å². The minimum Gasteiger partial charge on any atom is -0.350 e. The van der Waals surface area contributed by atoms with Crippen LogP contribution in [0.2, 0.25) is 0 Å². The predicted octanol–water partition coefficient (Wildman–Crippen LogP) is 3.91. The van der Waals surface area contributed by atoms with Gasteiger partial charge in [0.1, 0.15) is 0 Å². The summed E-state index contributed by atoms with van der Waals surface area (Å²) in [4.78, 5) is 4.65. The molecule has 0 amide bonds. The van der Waals surface area contributed by atoms with Crippen LogP contribution in [0.25, 0.3) is 0 Å². The quantitative estimate of drug-likeness (QED) is 0.810. The molecule has 1 fully saturated rings. The topological polar surface area (TPSA) is 29.9 Å². The van der Waals surface area contributed by atoms with Crippen molar-refractivity contribution in [3.8, 4) is 0 Å². The summed E-state index contributed by atoms with van der Waals surface area (Å²) in [5.41, 5.74) is 1.33. The molecule has 3 heteroatoms. The molecule has 0 aromatic carbocycles. The molecule has 96 valence electrons. The van der Waals surface area contributed by atoms with E-state index in [4.69, 9.17) is 0 Å². The normalized spacial score (nSPS) is 16.2. The Kier molecular flexibility index (Phi) is 3.45. The fraction of sp³-hybridized carbons (Fsp3) is 0.786. The smallest absolute Gasteiger partial charge is 0.203 e. The van der Waals surface area contributed by atoms with E-state index in [1.54, 1.807) is 0 Å². The summed E-state index contributed by atoms with van der Waals surface area (Å²) in [6.45, 7) is 8.86. The van der Waals surface area contributed by atoms with Gasteiger partial charge in [-0.1, -0.05) is 20.8 Å². The molecule has 1 aliphatic rings. The second-order valence-electron chi connectivity index (χ2n) is 5.31. The van der Waals surface area contributed by atoms with Crippen LogP contribution < -0.4 is 5.32 Å². The largest absolute Gasteiger partial charge is 0.350 e. The van der Waals surface area contributed by atoms with Crippen molar-refractivity contribution in [1.82, 2.24) is 9.55 Å². The Morgan fingerprint density at radius 2 is 1.88 bits per heavy atom. The van der Waals surface area contributed by atoms with E-state index >= 15 is 0 Å². The SMILES string of the molecule is CCC(CC)(CC)Nc1nc(C)cn1C1CC1. The number of rotatable bonds is 6. The summed E-state index contributed by atoms with van der Waals surface area (Å²) in [5.74, 6) is 1.08. The minimum absolute atomic E-state index is 0.213. The number of aromatic nitrogens is 2. The molecule has 1 aliphatic carbocycles. The molecule has 3 nitrogen and oxygen atoms in total. The van der Waals surface area contributed by atoms with E-state index in [0.717, 1.165) is 30.9 Å². The molecule has 1 saturated carbocycles. The van der Waals surface area contributed by atoms with Gasteiger partial charge in [0.05, 0.1) is 5.69 Å². The third-order valence-electron chi connectivity index (χ3n) is 4.20. The van der Waals surface area contributed by atoms with Crippen LogP contribution in [-0.4, -0.2) is 15.1 Å². The number of nitrogens with zero attached hydrogens (tertiary/aromatic N) is 2. The molecule has 0 unspecified atom stereocenters. The summed E-state index contributed by atoms with van der Waals surface area (Å²) in [6.07, 6.45) is 8.25. The van der Waals surface area contributed by atoms with Gasteiger partial charge in [-0.25, -0.2) is 4.98 Å². The molecule has 17 heavy (non-hydrogen) atoms. The van der Waals surface area contributed by atoms with Gasteiger partial charge in [0.15, 0.2) is 0 Å². The first-order valence-corrected chi connectivity index (χ1v) is 6.97. The van der Waals surface area contributed by atoms with E-state index in [2.05, 4.69) is 48.8 Å². The van der Waals surface area contributed by atoms with Crippen LogP contribution in [0.1, 0.15) is 64.6 Å². The molecule has 1 aromatic heterocycles. The first-order valence-electron chi connectivity index (χ1n) is 6.97. The molecular formula is C14H25N3. The van der Waals surface area contributed by atoms with Crippen LogP contribution in [-0.2, 0) is 0 Å². The molecule has 0 saturated heterocycles. The minimum atomic E-state index is 0.213.